The Morgan fingerprint density at radius 3 is 2.42 bits per heavy atom. The number of halogens is 2. The SMILES string of the molecule is CC.CC(F)/C=C\C=C/CNc1nc2cnc(N3CCCCC3)nc2n1C1CCC(CN)CC1.CF. The number of hydrogen-bond acceptors (Lipinski definition) is 6. The number of fused-ring (bicyclic) bond motifs is 1. The molecule has 2 aliphatic rings. The van der Waals surface area contributed by atoms with Gasteiger partial charge in [-0.3, -0.25) is 8.96 Å². The number of rotatable bonds is 8. The number of aromatic nitrogens is 4. The molecule has 0 bridgehead atoms. The van der Waals surface area contributed by atoms with E-state index in [9.17, 15) is 8.78 Å². The van der Waals surface area contributed by atoms with Gasteiger partial charge >= 0.3 is 0 Å². The van der Waals surface area contributed by atoms with Crippen molar-refractivity contribution >= 4 is 23.1 Å². The van der Waals surface area contributed by atoms with Gasteiger partial charge in [-0.2, -0.15) is 4.98 Å². The van der Waals surface area contributed by atoms with E-state index in [4.69, 9.17) is 15.7 Å². The lowest BCUT2D eigenvalue weighted by Crippen LogP contribution is -2.31. The number of nitrogens with one attached hydrogen (secondary N) is 1. The molecule has 2 fully saturated rings. The first-order chi connectivity index (χ1) is 17.7. The predicted molar refractivity (Wildman–Crippen MR) is 147 cm³/mol. The molecule has 36 heavy (non-hydrogen) atoms. The molecule has 1 aliphatic heterocycles. The maximum Gasteiger partial charge on any atom is 0.227 e. The average Bonchev–Trinajstić information content (AvgIpc) is 3.30. The molecule has 1 atom stereocenters. The first kappa shape index (κ1) is 29.7. The Morgan fingerprint density at radius 2 is 1.78 bits per heavy atom. The van der Waals surface area contributed by atoms with Crippen molar-refractivity contribution in [3.8, 4) is 0 Å². The monoisotopic (exact) mass is 505 g/mol. The van der Waals surface area contributed by atoms with E-state index in [0.29, 0.717) is 25.7 Å². The summed E-state index contributed by atoms with van der Waals surface area (Å²) in [5.41, 5.74) is 7.66. The van der Waals surface area contributed by atoms with Crippen LogP contribution < -0.4 is 16.0 Å². The average molecular weight is 506 g/mol. The standard InChI is InChI=1S/C24H36FN7.C2H6.CH3F/c1-18(25)8-4-2-5-13-27-24-29-21-17-28-23(31-14-6-3-7-15-31)30-22(21)32(24)20-11-9-19(16-26)10-12-20;2*1-2/h2,4-5,8,17-20H,3,6-7,9-16,26H2,1H3,(H,27,29);1-2H3;1H3/b5-2-,8-4-;;. The fourth-order valence-corrected chi connectivity index (χ4v) is 4.75. The second-order valence-electron chi connectivity index (χ2n) is 9.01. The van der Waals surface area contributed by atoms with Crippen molar-refractivity contribution in [2.45, 2.75) is 77.9 Å². The fourth-order valence-electron chi connectivity index (χ4n) is 4.75. The van der Waals surface area contributed by atoms with Gasteiger partial charge in [-0.25, -0.2) is 14.4 Å². The zero-order valence-corrected chi connectivity index (χ0v) is 22.5. The van der Waals surface area contributed by atoms with Gasteiger partial charge in [0.2, 0.25) is 11.9 Å². The molecular weight excluding hydrogens is 460 g/mol. The predicted octanol–water partition coefficient (Wildman–Crippen LogP) is 6.00. The molecule has 0 amide bonds. The molecule has 1 aliphatic carbocycles. The third-order valence-electron chi connectivity index (χ3n) is 6.58. The summed E-state index contributed by atoms with van der Waals surface area (Å²) in [6, 6.07) is 0.352. The number of imidazole rings is 1. The number of allylic oxidation sites excluding steroid dienone is 3. The minimum Gasteiger partial charge on any atom is -0.352 e. The lowest BCUT2D eigenvalue weighted by molar-refractivity contribution is 0.284. The van der Waals surface area contributed by atoms with E-state index in [0.717, 1.165) is 68.4 Å². The van der Waals surface area contributed by atoms with Crippen molar-refractivity contribution in [2.75, 3.05) is 43.6 Å². The fraction of sp³-hybridized carbons (Fsp3) is 0.667. The number of nitrogens with zero attached hydrogens (tertiary/aromatic N) is 5. The lowest BCUT2D eigenvalue weighted by Gasteiger charge is -2.30. The summed E-state index contributed by atoms with van der Waals surface area (Å²) >= 11 is 0. The van der Waals surface area contributed by atoms with E-state index in [1.807, 2.05) is 32.2 Å². The van der Waals surface area contributed by atoms with Crippen LogP contribution in [0.4, 0.5) is 20.7 Å². The zero-order valence-electron chi connectivity index (χ0n) is 22.5. The lowest BCUT2D eigenvalue weighted by atomic mass is 9.86. The van der Waals surface area contributed by atoms with Gasteiger partial charge in [0.25, 0.3) is 0 Å². The molecule has 0 aromatic carbocycles. The van der Waals surface area contributed by atoms with Gasteiger partial charge in [-0.15, -0.1) is 0 Å². The highest BCUT2D eigenvalue weighted by Crippen LogP contribution is 2.36. The Hall–Kier alpha value is -2.55. The smallest absolute Gasteiger partial charge is 0.227 e. The van der Waals surface area contributed by atoms with E-state index in [1.165, 1.54) is 32.3 Å². The summed E-state index contributed by atoms with van der Waals surface area (Å²) in [6.07, 6.45) is 16.1. The van der Waals surface area contributed by atoms with Gasteiger partial charge < -0.3 is 16.0 Å². The molecule has 2 aromatic rings. The Bertz CT molecular complexity index is 928. The van der Waals surface area contributed by atoms with Crippen molar-refractivity contribution in [1.82, 2.24) is 19.5 Å². The van der Waals surface area contributed by atoms with Crippen molar-refractivity contribution in [1.29, 1.82) is 0 Å². The summed E-state index contributed by atoms with van der Waals surface area (Å²) in [7, 11) is 0.500. The van der Waals surface area contributed by atoms with Crippen LogP contribution >= 0.6 is 0 Å². The molecule has 2 aromatic heterocycles. The Labute approximate surface area is 215 Å². The van der Waals surface area contributed by atoms with E-state index in [1.54, 1.807) is 6.08 Å². The summed E-state index contributed by atoms with van der Waals surface area (Å²) in [5, 5.41) is 3.44. The van der Waals surface area contributed by atoms with Crippen LogP contribution in [0.25, 0.3) is 11.2 Å². The first-order valence-electron chi connectivity index (χ1n) is 13.4. The van der Waals surface area contributed by atoms with Gasteiger partial charge in [-0.1, -0.05) is 38.2 Å². The van der Waals surface area contributed by atoms with Crippen LogP contribution in [-0.2, 0) is 0 Å². The topological polar surface area (TPSA) is 84.9 Å². The first-order valence-corrected chi connectivity index (χ1v) is 13.4. The quantitative estimate of drug-likeness (QED) is 0.428. The zero-order chi connectivity index (χ0) is 26.3. The third kappa shape index (κ3) is 8.25. The van der Waals surface area contributed by atoms with Crippen molar-refractivity contribution in [2.24, 2.45) is 11.7 Å². The van der Waals surface area contributed by atoms with E-state index < -0.39 is 6.17 Å². The maximum atomic E-state index is 12.9. The summed E-state index contributed by atoms with van der Waals surface area (Å²) in [5.74, 6) is 2.25. The molecule has 202 valence electrons. The molecule has 1 saturated carbocycles. The molecule has 1 unspecified atom stereocenters. The molecule has 0 radical (unpaired) electrons. The molecule has 7 nitrogen and oxygen atoms in total. The minimum atomic E-state index is -0.937. The number of hydrogen-bond donors (Lipinski definition) is 2. The van der Waals surface area contributed by atoms with Gasteiger partial charge in [0, 0.05) is 25.7 Å². The Kier molecular flexibility index (Phi) is 13.4. The normalized spacial score (nSPS) is 21.1. The maximum absolute atomic E-state index is 12.9. The van der Waals surface area contributed by atoms with Gasteiger partial charge in [0.15, 0.2) is 5.65 Å². The van der Waals surface area contributed by atoms with Crippen LogP contribution in [0.2, 0.25) is 0 Å². The van der Waals surface area contributed by atoms with Crippen molar-refractivity contribution < 1.29 is 8.78 Å². The highest BCUT2D eigenvalue weighted by Gasteiger charge is 2.26. The molecule has 3 heterocycles. The van der Waals surface area contributed by atoms with Gasteiger partial charge in [-0.05, 0) is 64.3 Å². The molecular formula is C27H45F2N7. The number of alkyl halides is 2. The largest absolute Gasteiger partial charge is 0.352 e. The van der Waals surface area contributed by atoms with Crippen LogP contribution in [0.1, 0.15) is 71.8 Å². The van der Waals surface area contributed by atoms with E-state index in [2.05, 4.69) is 19.8 Å². The van der Waals surface area contributed by atoms with Gasteiger partial charge in [0.05, 0.1) is 13.4 Å². The summed E-state index contributed by atoms with van der Waals surface area (Å²) < 4.78 is 24.7. The second-order valence-corrected chi connectivity index (χ2v) is 9.01. The molecule has 4 rings (SSSR count). The number of piperidine rings is 1. The Balaban J connectivity index is 0.00000109. The highest BCUT2D eigenvalue weighted by molar-refractivity contribution is 5.75. The van der Waals surface area contributed by atoms with E-state index in [-0.39, 0.29) is 0 Å². The highest BCUT2D eigenvalue weighted by atomic mass is 19.1. The van der Waals surface area contributed by atoms with E-state index >= 15 is 0 Å². The number of nitrogens with two attached hydrogens (primary N) is 1. The minimum absolute atomic E-state index is 0.352. The van der Waals surface area contributed by atoms with Gasteiger partial charge in [0.1, 0.15) is 11.7 Å². The van der Waals surface area contributed by atoms with Crippen LogP contribution in [0.5, 0.6) is 0 Å². The molecule has 0 spiro atoms. The third-order valence-corrected chi connectivity index (χ3v) is 6.58. The van der Waals surface area contributed by atoms with Crippen LogP contribution in [0.15, 0.2) is 30.5 Å². The molecule has 1 saturated heterocycles. The summed E-state index contributed by atoms with van der Waals surface area (Å²) in [4.78, 5) is 16.7. The summed E-state index contributed by atoms with van der Waals surface area (Å²) in [6.45, 7) is 8.92. The van der Waals surface area contributed by atoms with Crippen molar-refractivity contribution in [3.63, 3.8) is 0 Å². The van der Waals surface area contributed by atoms with Crippen LogP contribution in [-0.4, -0.2) is 59.0 Å². The molecule has 9 heteroatoms. The van der Waals surface area contributed by atoms with Crippen molar-refractivity contribution in [3.05, 3.63) is 30.5 Å². The van der Waals surface area contributed by atoms with Crippen LogP contribution in [0, 0.1) is 5.92 Å². The molecule has 3 N–H and O–H groups in total. The van der Waals surface area contributed by atoms with Crippen LogP contribution in [0.3, 0.4) is 0 Å². The Morgan fingerprint density at radius 1 is 1.08 bits per heavy atom. The second kappa shape index (κ2) is 16.2. The number of anilines is 2.